The minimum absolute atomic E-state index is 0.0570. The van der Waals surface area contributed by atoms with Gasteiger partial charge in [-0.3, -0.25) is 10.0 Å². The first-order chi connectivity index (χ1) is 13.8. The number of ether oxygens (including phenoxy) is 1. The third-order valence-electron chi connectivity index (χ3n) is 4.53. The fourth-order valence-electron chi connectivity index (χ4n) is 2.88. The van der Waals surface area contributed by atoms with Gasteiger partial charge < -0.3 is 14.5 Å². The molecular weight excluding hydrogens is 382 g/mol. The Hall–Kier alpha value is -3.42. The average molecular weight is 403 g/mol. The maximum atomic E-state index is 13.9. The van der Waals surface area contributed by atoms with Gasteiger partial charge in [0, 0.05) is 24.6 Å². The summed E-state index contributed by atoms with van der Waals surface area (Å²) in [6.07, 6.45) is -0.354. The zero-order chi connectivity index (χ0) is 21.2. The van der Waals surface area contributed by atoms with Crippen molar-refractivity contribution in [2.75, 3.05) is 12.4 Å². The quantitative estimate of drug-likeness (QED) is 0.468. The molecule has 6 nitrogen and oxygen atoms in total. The standard InChI is InChI=1S/C21H20F2N2O4/c1-4-21(22,23)15-6-5-7-16(12-15)24-19(26)18-13(2)29-20(25(18)27)14-8-10-17(28-3)11-9-14/h5-12H,4H2,1-3H3,(H-,24,26,27)/p+1. The molecule has 29 heavy (non-hydrogen) atoms. The number of aryl methyl sites for hydroxylation is 1. The number of aromatic nitrogens is 1. The molecule has 0 atom stereocenters. The average Bonchev–Trinajstić information content (AvgIpc) is 3.02. The Balaban J connectivity index is 1.89. The molecule has 0 aliphatic rings. The molecule has 0 radical (unpaired) electrons. The summed E-state index contributed by atoms with van der Waals surface area (Å²) in [5.41, 5.74) is 0.383. The van der Waals surface area contributed by atoms with E-state index in [-0.39, 0.29) is 35.0 Å². The van der Waals surface area contributed by atoms with E-state index >= 15 is 0 Å². The van der Waals surface area contributed by atoms with Crippen LogP contribution in [-0.2, 0) is 5.92 Å². The van der Waals surface area contributed by atoms with Crippen molar-refractivity contribution in [2.24, 2.45) is 0 Å². The molecule has 152 valence electrons. The second kappa shape index (κ2) is 7.90. The molecule has 0 saturated carbocycles. The Morgan fingerprint density at radius 3 is 2.55 bits per heavy atom. The molecule has 0 aliphatic carbocycles. The van der Waals surface area contributed by atoms with Crippen LogP contribution in [0.1, 0.15) is 35.2 Å². The van der Waals surface area contributed by atoms with E-state index in [4.69, 9.17) is 9.15 Å². The zero-order valence-corrected chi connectivity index (χ0v) is 16.2. The van der Waals surface area contributed by atoms with Crippen LogP contribution in [0.2, 0.25) is 0 Å². The lowest BCUT2D eigenvalue weighted by atomic mass is 10.1. The zero-order valence-electron chi connectivity index (χ0n) is 16.2. The van der Waals surface area contributed by atoms with E-state index in [1.807, 2.05) is 0 Å². The normalized spacial score (nSPS) is 11.3. The van der Waals surface area contributed by atoms with E-state index < -0.39 is 11.8 Å². The molecule has 1 heterocycles. The van der Waals surface area contributed by atoms with Gasteiger partial charge in [0.05, 0.1) is 17.4 Å². The van der Waals surface area contributed by atoms with Crippen molar-refractivity contribution in [3.8, 4) is 17.2 Å². The van der Waals surface area contributed by atoms with Crippen LogP contribution in [0.25, 0.3) is 11.5 Å². The van der Waals surface area contributed by atoms with Crippen molar-refractivity contribution >= 4 is 11.6 Å². The van der Waals surface area contributed by atoms with Gasteiger partial charge in [0.25, 0.3) is 5.92 Å². The van der Waals surface area contributed by atoms with E-state index in [1.165, 1.54) is 45.2 Å². The van der Waals surface area contributed by atoms with Gasteiger partial charge in [0.1, 0.15) is 5.75 Å². The van der Waals surface area contributed by atoms with Gasteiger partial charge >= 0.3 is 17.5 Å². The Morgan fingerprint density at radius 2 is 1.93 bits per heavy atom. The van der Waals surface area contributed by atoms with Crippen LogP contribution < -0.4 is 14.8 Å². The van der Waals surface area contributed by atoms with E-state index in [0.29, 0.717) is 16.0 Å². The van der Waals surface area contributed by atoms with E-state index in [2.05, 4.69) is 5.32 Å². The molecule has 0 unspecified atom stereocenters. The van der Waals surface area contributed by atoms with E-state index in [0.717, 1.165) is 0 Å². The summed E-state index contributed by atoms with van der Waals surface area (Å²) in [6.45, 7) is 2.91. The van der Waals surface area contributed by atoms with E-state index in [9.17, 15) is 18.8 Å². The minimum Gasteiger partial charge on any atom is -0.497 e. The number of carbonyl (C=O) groups excluding carboxylic acids is 1. The van der Waals surface area contributed by atoms with Gasteiger partial charge in [-0.15, -0.1) is 0 Å². The first-order valence-electron chi connectivity index (χ1n) is 8.95. The molecule has 3 aromatic rings. The largest absolute Gasteiger partial charge is 0.497 e. The Bertz CT molecular complexity index is 1030. The van der Waals surface area contributed by atoms with Gasteiger partial charge in [-0.05, 0) is 36.4 Å². The Morgan fingerprint density at radius 1 is 1.24 bits per heavy atom. The maximum absolute atomic E-state index is 13.9. The van der Waals surface area contributed by atoms with Gasteiger partial charge in [-0.25, -0.2) is 8.78 Å². The number of hydrogen-bond acceptors (Lipinski definition) is 4. The van der Waals surface area contributed by atoms with Gasteiger partial charge in [0.2, 0.25) is 0 Å². The number of nitrogens with one attached hydrogen (secondary N) is 1. The molecule has 0 aliphatic heterocycles. The number of hydrogen-bond donors (Lipinski definition) is 2. The summed E-state index contributed by atoms with van der Waals surface area (Å²) in [6, 6.07) is 12.2. The molecule has 2 N–H and O–H groups in total. The van der Waals surface area contributed by atoms with Crippen molar-refractivity contribution in [1.82, 2.24) is 0 Å². The van der Waals surface area contributed by atoms with Crippen molar-refractivity contribution in [3.05, 3.63) is 65.5 Å². The fourth-order valence-corrected chi connectivity index (χ4v) is 2.88. The summed E-state index contributed by atoms with van der Waals surface area (Å²) in [5.74, 6) is -2.83. The molecule has 0 fully saturated rings. The highest BCUT2D eigenvalue weighted by Crippen LogP contribution is 2.32. The number of methoxy groups -OCH3 is 1. The van der Waals surface area contributed by atoms with Crippen LogP contribution in [0.5, 0.6) is 5.75 Å². The summed E-state index contributed by atoms with van der Waals surface area (Å²) < 4.78 is 39.1. The number of nitrogens with zero attached hydrogens (tertiary/aromatic N) is 1. The minimum atomic E-state index is -3.00. The molecule has 0 saturated heterocycles. The molecule has 8 heteroatoms. The SMILES string of the molecule is CCC(F)(F)c1cccc(NC(=O)c2c(C)oc(-c3ccc(OC)cc3)[n+]2O)c1. The van der Waals surface area contributed by atoms with Crippen molar-refractivity contribution in [2.45, 2.75) is 26.2 Å². The van der Waals surface area contributed by atoms with Gasteiger partial charge in [-0.1, -0.05) is 19.1 Å². The lowest BCUT2D eigenvalue weighted by Gasteiger charge is -2.15. The number of rotatable bonds is 6. The summed E-state index contributed by atoms with van der Waals surface area (Å²) >= 11 is 0. The summed E-state index contributed by atoms with van der Waals surface area (Å²) in [4.78, 5) is 12.7. The molecule has 0 bridgehead atoms. The van der Waals surface area contributed by atoms with Crippen LogP contribution >= 0.6 is 0 Å². The highest BCUT2D eigenvalue weighted by Gasteiger charge is 2.35. The second-order valence-corrected chi connectivity index (χ2v) is 6.45. The first kappa shape index (κ1) is 20.3. The van der Waals surface area contributed by atoms with E-state index in [1.54, 1.807) is 24.3 Å². The molecule has 3 rings (SSSR count). The number of anilines is 1. The van der Waals surface area contributed by atoms with Crippen molar-refractivity contribution in [3.63, 3.8) is 0 Å². The first-order valence-corrected chi connectivity index (χ1v) is 8.95. The fraction of sp³-hybridized carbons (Fsp3) is 0.238. The van der Waals surface area contributed by atoms with Crippen LogP contribution in [0.4, 0.5) is 14.5 Å². The highest BCUT2D eigenvalue weighted by molar-refractivity contribution is 6.02. The third kappa shape index (κ3) is 4.06. The summed E-state index contributed by atoms with van der Waals surface area (Å²) in [7, 11) is 1.53. The van der Waals surface area contributed by atoms with Crippen LogP contribution in [0.3, 0.4) is 0 Å². The molecular formula is C21H21F2N2O4+. The van der Waals surface area contributed by atoms with Crippen LogP contribution in [0, 0.1) is 6.92 Å². The number of amides is 1. The van der Waals surface area contributed by atoms with Crippen LogP contribution in [-0.4, -0.2) is 18.2 Å². The highest BCUT2D eigenvalue weighted by atomic mass is 19.3. The lowest BCUT2D eigenvalue weighted by molar-refractivity contribution is -0.898. The molecule has 1 aromatic heterocycles. The third-order valence-corrected chi connectivity index (χ3v) is 4.53. The topological polar surface area (TPSA) is 75.6 Å². The predicted molar refractivity (Wildman–Crippen MR) is 101 cm³/mol. The van der Waals surface area contributed by atoms with Gasteiger partial charge in [-0.2, -0.15) is 0 Å². The Labute approximate surface area is 166 Å². The van der Waals surface area contributed by atoms with Crippen molar-refractivity contribution in [1.29, 1.82) is 0 Å². The predicted octanol–water partition coefficient (Wildman–Crippen LogP) is 4.54. The molecule has 1 amide bonds. The monoisotopic (exact) mass is 403 g/mol. The molecule has 0 spiro atoms. The number of oxazole rings is 1. The Kier molecular flexibility index (Phi) is 5.54. The van der Waals surface area contributed by atoms with Crippen LogP contribution in [0.15, 0.2) is 52.9 Å². The maximum Gasteiger partial charge on any atom is 0.430 e. The number of carbonyl (C=O) groups is 1. The van der Waals surface area contributed by atoms with Gasteiger partial charge in [0.15, 0.2) is 5.76 Å². The number of halogens is 2. The smallest absolute Gasteiger partial charge is 0.430 e. The summed E-state index contributed by atoms with van der Waals surface area (Å²) in [5, 5.41) is 13.0. The lowest BCUT2D eigenvalue weighted by Crippen LogP contribution is -2.39. The molecule has 2 aromatic carbocycles. The number of benzene rings is 2. The van der Waals surface area contributed by atoms with Crippen molar-refractivity contribution < 1.29 is 32.7 Å². The number of alkyl halides is 2. The second-order valence-electron chi connectivity index (χ2n) is 6.45.